The lowest BCUT2D eigenvalue weighted by Crippen LogP contribution is -2.41. The van der Waals surface area contributed by atoms with Gasteiger partial charge in [-0.15, -0.1) is 0 Å². The van der Waals surface area contributed by atoms with Crippen LogP contribution in [0.1, 0.15) is 6.92 Å². The van der Waals surface area contributed by atoms with E-state index in [0.717, 1.165) is 0 Å². The summed E-state index contributed by atoms with van der Waals surface area (Å²) in [5.41, 5.74) is 0.465. The van der Waals surface area contributed by atoms with Gasteiger partial charge in [-0.2, -0.15) is 0 Å². The fourth-order valence-electron chi connectivity index (χ4n) is 1.38. The topological polar surface area (TPSA) is 114 Å². The van der Waals surface area contributed by atoms with E-state index in [1.807, 2.05) is 0 Å². The molecule has 21 heavy (non-hydrogen) atoms. The Morgan fingerprint density at radius 1 is 1.24 bits per heavy atom. The average Bonchev–Trinajstić information content (AvgIpc) is 2.45. The van der Waals surface area contributed by atoms with E-state index in [2.05, 4.69) is 15.4 Å². The molecule has 0 aromatic heterocycles. The fraction of sp³-hybridized carbons (Fsp3) is 0.308. The van der Waals surface area contributed by atoms with Gasteiger partial charge in [0, 0.05) is 5.69 Å². The Kier molecular flexibility index (Phi) is 5.99. The van der Waals surface area contributed by atoms with Crippen LogP contribution >= 0.6 is 0 Å². The lowest BCUT2D eigenvalue weighted by Gasteiger charge is -2.12. The van der Waals surface area contributed by atoms with E-state index in [1.165, 1.54) is 26.2 Å². The number of carbonyl (C=O) groups excluding carboxylic acids is 2. The Morgan fingerprint density at radius 3 is 2.38 bits per heavy atom. The molecule has 0 bridgehead atoms. The molecule has 1 aromatic rings. The van der Waals surface area contributed by atoms with E-state index in [1.54, 1.807) is 12.1 Å². The number of carboxylic acids is 1. The molecule has 2 amide bonds. The van der Waals surface area contributed by atoms with E-state index in [0.29, 0.717) is 11.4 Å². The number of urea groups is 1. The minimum atomic E-state index is -1.08. The van der Waals surface area contributed by atoms with Crippen molar-refractivity contribution in [2.45, 2.75) is 13.0 Å². The molecule has 3 N–H and O–H groups in total. The first-order valence-electron chi connectivity index (χ1n) is 6.02. The number of methoxy groups -OCH3 is 1. The summed E-state index contributed by atoms with van der Waals surface area (Å²) in [6.07, 6.45) is 0. The second kappa shape index (κ2) is 7.73. The highest BCUT2D eigenvalue weighted by molar-refractivity contribution is 5.92. The highest BCUT2D eigenvalue weighted by Gasteiger charge is 2.15. The van der Waals surface area contributed by atoms with Crippen LogP contribution in [0, 0.1) is 0 Å². The molecule has 0 aliphatic rings. The number of carboxylic acid groups (broad SMARTS) is 1. The second-order valence-corrected chi connectivity index (χ2v) is 4.05. The second-order valence-electron chi connectivity index (χ2n) is 4.05. The summed E-state index contributed by atoms with van der Waals surface area (Å²) in [5, 5.41) is 13.4. The van der Waals surface area contributed by atoms with Crippen molar-refractivity contribution in [2.24, 2.45) is 0 Å². The predicted octanol–water partition coefficient (Wildman–Crippen LogP) is 0.833. The van der Waals surface area contributed by atoms with Gasteiger partial charge in [0.05, 0.1) is 7.11 Å². The van der Waals surface area contributed by atoms with Gasteiger partial charge < -0.3 is 25.2 Å². The number of nitrogens with one attached hydrogen (secondary N) is 2. The molecule has 1 aromatic carbocycles. The largest absolute Gasteiger partial charge is 0.482 e. The Labute approximate surface area is 121 Å². The third kappa shape index (κ3) is 5.81. The quantitative estimate of drug-likeness (QED) is 0.670. The van der Waals surface area contributed by atoms with Crippen molar-refractivity contribution >= 4 is 23.7 Å². The third-order valence-electron chi connectivity index (χ3n) is 2.38. The molecule has 0 fully saturated rings. The maximum atomic E-state index is 11.6. The number of ether oxygens (including phenoxy) is 2. The number of benzene rings is 1. The first kappa shape index (κ1) is 16.3. The summed E-state index contributed by atoms with van der Waals surface area (Å²) in [4.78, 5) is 33.1. The maximum Gasteiger partial charge on any atom is 0.341 e. The Bertz CT molecular complexity index is 514. The third-order valence-corrected chi connectivity index (χ3v) is 2.38. The van der Waals surface area contributed by atoms with E-state index < -0.39 is 30.6 Å². The molecule has 0 saturated heterocycles. The zero-order chi connectivity index (χ0) is 15.8. The summed E-state index contributed by atoms with van der Waals surface area (Å²) in [7, 11) is 1.23. The van der Waals surface area contributed by atoms with Crippen LogP contribution in [-0.2, 0) is 14.3 Å². The molecule has 8 nitrogen and oxygen atoms in total. The highest BCUT2D eigenvalue weighted by atomic mass is 16.5. The molecular weight excluding hydrogens is 280 g/mol. The smallest absolute Gasteiger partial charge is 0.341 e. The van der Waals surface area contributed by atoms with Gasteiger partial charge in [0.1, 0.15) is 11.8 Å². The van der Waals surface area contributed by atoms with Crippen LogP contribution < -0.4 is 15.4 Å². The van der Waals surface area contributed by atoms with Crippen molar-refractivity contribution in [3.8, 4) is 5.75 Å². The predicted molar refractivity (Wildman–Crippen MR) is 73.2 cm³/mol. The van der Waals surface area contributed by atoms with Gasteiger partial charge in [-0.1, -0.05) is 0 Å². The lowest BCUT2D eigenvalue weighted by atomic mass is 10.3. The van der Waals surface area contributed by atoms with Gasteiger partial charge in [0.15, 0.2) is 6.61 Å². The van der Waals surface area contributed by atoms with Crippen LogP contribution in [0.5, 0.6) is 5.75 Å². The molecule has 1 unspecified atom stereocenters. The number of carbonyl (C=O) groups is 3. The number of anilines is 1. The summed E-state index contributed by atoms with van der Waals surface area (Å²) < 4.78 is 9.43. The van der Waals surface area contributed by atoms with Crippen LogP contribution in [0.4, 0.5) is 10.5 Å². The summed E-state index contributed by atoms with van der Waals surface area (Å²) in [6.45, 7) is 1.05. The molecule has 0 heterocycles. The van der Waals surface area contributed by atoms with E-state index in [-0.39, 0.29) is 0 Å². The van der Waals surface area contributed by atoms with E-state index in [4.69, 9.17) is 9.84 Å². The van der Waals surface area contributed by atoms with Crippen LogP contribution in [0.2, 0.25) is 0 Å². The molecule has 0 aliphatic carbocycles. The normalized spacial score (nSPS) is 11.1. The van der Waals surface area contributed by atoms with Crippen molar-refractivity contribution in [3.05, 3.63) is 24.3 Å². The molecule has 0 spiro atoms. The average molecular weight is 296 g/mol. The number of hydrogen-bond acceptors (Lipinski definition) is 5. The van der Waals surface area contributed by atoms with Crippen molar-refractivity contribution in [1.82, 2.24) is 5.32 Å². The van der Waals surface area contributed by atoms with Gasteiger partial charge >= 0.3 is 18.0 Å². The number of rotatable bonds is 6. The Morgan fingerprint density at radius 2 is 1.86 bits per heavy atom. The fourth-order valence-corrected chi connectivity index (χ4v) is 1.38. The van der Waals surface area contributed by atoms with Gasteiger partial charge in [0.2, 0.25) is 0 Å². The number of hydrogen-bond donors (Lipinski definition) is 3. The van der Waals surface area contributed by atoms with Gasteiger partial charge in [-0.05, 0) is 31.2 Å². The number of aliphatic carboxylic acids is 1. The summed E-state index contributed by atoms with van der Waals surface area (Å²) in [6, 6.07) is 4.78. The van der Waals surface area contributed by atoms with Crippen molar-refractivity contribution in [1.29, 1.82) is 0 Å². The van der Waals surface area contributed by atoms with Crippen LogP contribution in [0.25, 0.3) is 0 Å². The molecule has 0 radical (unpaired) electrons. The van der Waals surface area contributed by atoms with Gasteiger partial charge in [0.25, 0.3) is 0 Å². The highest BCUT2D eigenvalue weighted by Crippen LogP contribution is 2.15. The molecule has 0 aliphatic heterocycles. The van der Waals surface area contributed by atoms with Gasteiger partial charge in [-0.25, -0.2) is 14.4 Å². The number of amides is 2. The van der Waals surface area contributed by atoms with Crippen molar-refractivity contribution in [3.63, 3.8) is 0 Å². The maximum absolute atomic E-state index is 11.6. The zero-order valence-corrected chi connectivity index (χ0v) is 11.6. The Hall–Kier alpha value is -2.77. The first-order valence-corrected chi connectivity index (χ1v) is 6.02. The molecule has 114 valence electrons. The molecule has 1 rings (SSSR count). The van der Waals surface area contributed by atoms with Crippen molar-refractivity contribution < 1.29 is 29.0 Å². The first-order chi connectivity index (χ1) is 9.92. The molecule has 8 heteroatoms. The zero-order valence-electron chi connectivity index (χ0n) is 11.6. The van der Waals surface area contributed by atoms with E-state index in [9.17, 15) is 14.4 Å². The lowest BCUT2D eigenvalue weighted by molar-refractivity contribution is -0.142. The van der Waals surface area contributed by atoms with Crippen LogP contribution in [-0.4, -0.2) is 42.8 Å². The molecule has 0 saturated carbocycles. The summed E-state index contributed by atoms with van der Waals surface area (Å²) in [5.74, 6) is -1.26. The molecular formula is C13H16N2O6. The Balaban J connectivity index is 2.49. The van der Waals surface area contributed by atoms with Crippen LogP contribution in [0.15, 0.2) is 24.3 Å². The summed E-state index contributed by atoms with van der Waals surface area (Å²) >= 11 is 0. The monoisotopic (exact) mass is 296 g/mol. The molecule has 1 atom stereocenters. The van der Waals surface area contributed by atoms with Crippen LogP contribution in [0.3, 0.4) is 0 Å². The minimum Gasteiger partial charge on any atom is -0.482 e. The standard InChI is InChI=1S/C13H16N2O6/c1-8(12(18)20-2)14-13(19)15-9-3-5-10(6-4-9)21-7-11(16)17/h3-6,8H,7H2,1-2H3,(H,16,17)(H2,14,15,19). The van der Waals surface area contributed by atoms with Gasteiger partial charge in [-0.3, -0.25) is 0 Å². The minimum absolute atomic E-state index is 0.367. The number of esters is 1. The van der Waals surface area contributed by atoms with E-state index >= 15 is 0 Å². The van der Waals surface area contributed by atoms with Crippen molar-refractivity contribution in [2.75, 3.05) is 19.0 Å². The SMILES string of the molecule is COC(=O)C(C)NC(=O)Nc1ccc(OCC(=O)O)cc1.